The molecule has 3 atom stereocenters. The van der Waals surface area contributed by atoms with Crippen molar-refractivity contribution in [2.45, 2.75) is 57.9 Å². The van der Waals surface area contributed by atoms with Crippen LogP contribution < -0.4 is 19.5 Å². The lowest BCUT2D eigenvalue weighted by Gasteiger charge is -2.25. The van der Waals surface area contributed by atoms with E-state index in [1.807, 2.05) is 37.3 Å². The number of hydrogen-bond acceptors (Lipinski definition) is 9. The van der Waals surface area contributed by atoms with E-state index in [2.05, 4.69) is 11.4 Å². The van der Waals surface area contributed by atoms with Crippen molar-refractivity contribution in [1.82, 2.24) is 5.32 Å². The Morgan fingerprint density at radius 2 is 1.80 bits per heavy atom. The van der Waals surface area contributed by atoms with E-state index in [4.69, 9.17) is 18.9 Å². The highest BCUT2D eigenvalue weighted by molar-refractivity contribution is 5.82. The van der Waals surface area contributed by atoms with Crippen LogP contribution in [0.3, 0.4) is 0 Å². The van der Waals surface area contributed by atoms with Crippen molar-refractivity contribution in [2.75, 3.05) is 20.8 Å². The zero-order valence-electron chi connectivity index (χ0n) is 26.4. The standard InChI is InChI=1S/C37H39NO8/c1-20(23-7-5-6-22(12-23)18-39)38-17-25-14-32(42)33(43-3)16-30(25)37-31(19-45-21(2)40)29-11-10-27-28(36(29)46-37)9-8-24-13-26(41)15-34(44-4)35(24)27/h5-7,10-16,20,31,37-39,41-42H,8-9,17-19H2,1-4H3. The summed E-state index contributed by atoms with van der Waals surface area (Å²) in [5, 5.41) is 34.2. The fourth-order valence-corrected chi connectivity index (χ4v) is 6.73. The van der Waals surface area contributed by atoms with Crippen molar-refractivity contribution in [3.05, 3.63) is 99.6 Å². The van der Waals surface area contributed by atoms with Crippen LogP contribution in [0.2, 0.25) is 0 Å². The Morgan fingerprint density at radius 3 is 2.54 bits per heavy atom. The summed E-state index contributed by atoms with van der Waals surface area (Å²) >= 11 is 0. The fourth-order valence-electron chi connectivity index (χ4n) is 6.73. The molecule has 9 nitrogen and oxygen atoms in total. The zero-order valence-corrected chi connectivity index (χ0v) is 26.4. The van der Waals surface area contributed by atoms with Crippen LogP contribution in [0.15, 0.2) is 60.7 Å². The van der Waals surface area contributed by atoms with E-state index in [1.54, 1.807) is 31.4 Å². The van der Waals surface area contributed by atoms with Crippen molar-refractivity contribution in [2.24, 2.45) is 0 Å². The first-order valence-corrected chi connectivity index (χ1v) is 15.4. The lowest BCUT2D eigenvalue weighted by atomic mass is 9.81. The minimum Gasteiger partial charge on any atom is -0.508 e. The van der Waals surface area contributed by atoms with Gasteiger partial charge in [-0.05, 0) is 65.8 Å². The molecule has 0 amide bonds. The molecule has 0 radical (unpaired) electrons. The van der Waals surface area contributed by atoms with Gasteiger partial charge in [0, 0.05) is 47.8 Å². The summed E-state index contributed by atoms with van der Waals surface area (Å²) in [5.41, 5.74) is 8.36. The maximum atomic E-state index is 12.0. The molecule has 4 aromatic rings. The van der Waals surface area contributed by atoms with Crippen molar-refractivity contribution in [3.8, 4) is 39.9 Å². The van der Waals surface area contributed by atoms with Gasteiger partial charge in [-0.2, -0.15) is 0 Å². The highest BCUT2D eigenvalue weighted by atomic mass is 16.5. The van der Waals surface area contributed by atoms with Crippen LogP contribution in [0, 0.1) is 0 Å². The minimum absolute atomic E-state index is 0.00867. The van der Waals surface area contributed by atoms with E-state index in [0.29, 0.717) is 30.9 Å². The maximum Gasteiger partial charge on any atom is 0.302 e. The van der Waals surface area contributed by atoms with Crippen LogP contribution in [-0.4, -0.2) is 42.1 Å². The molecule has 9 heteroatoms. The number of aryl methyl sites for hydroxylation is 1. The number of ether oxygens (including phenoxy) is 4. The van der Waals surface area contributed by atoms with Gasteiger partial charge in [0.1, 0.15) is 30.0 Å². The summed E-state index contributed by atoms with van der Waals surface area (Å²) in [7, 11) is 3.10. The molecule has 2 aliphatic rings. The van der Waals surface area contributed by atoms with Gasteiger partial charge >= 0.3 is 5.97 Å². The number of esters is 1. The number of methoxy groups -OCH3 is 2. The Balaban J connectivity index is 1.40. The molecule has 0 aromatic heterocycles. The van der Waals surface area contributed by atoms with Crippen LogP contribution in [0.5, 0.6) is 28.7 Å². The van der Waals surface area contributed by atoms with Gasteiger partial charge in [0.25, 0.3) is 0 Å². The lowest BCUT2D eigenvalue weighted by Crippen LogP contribution is -2.22. The van der Waals surface area contributed by atoms with Crippen LogP contribution in [-0.2, 0) is 35.5 Å². The van der Waals surface area contributed by atoms with Gasteiger partial charge in [0.05, 0.1) is 26.7 Å². The topological polar surface area (TPSA) is 127 Å². The van der Waals surface area contributed by atoms with E-state index in [0.717, 1.165) is 55.8 Å². The number of fused-ring (bicyclic) bond motifs is 5. The van der Waals surface area contributed by atoms with Gasteiger partial charge in [-0.25, -0.2) is 0 Å². The number of rotatable bonds is 10. The molecular formula is C37H39NO8. The molecule has 1 aliphatic heterocycles. The molecule has 1 heterocycles. The highest BCUT2D eigenvalue weighted by Crippen LogP contribution is 2.54. The molecule has 240 valence electrons. The van der Waals surface area contributed by atoms with E-state index >= 15 is 0 Å². The van der Waals surface area contributed by atoms with Crippen molar-refractivity contribution >= 4 is 5.97 Å². The summed E-state index contributed by atoms with van der Waals surface area (Å²) in [5.74, 6) is 1.13. The number of carbonyl (C=O) groups is 1. The number of aliphatic hydroxyl groups is 1. The third kappa shape index (κ3) is 5.84. The number of phenols is 2. The van der Waals surface area contributed by atoms with Gasteiger partial charge in [-0.15, -0.1) is 0 Å². The van der Waals surface area contributed by atoms with E-state index < -0.39 is 6.10 Å². The molecule has 0 bridgehead atoms. The van der Waals surface area contributed by atoms with Crippen LogP contribution in [0.4, 0.5) is 0 Å². The summed E-state index contributed by atoms with van der Waals surface area (Å²) in [6, 6.07) is 18.7. The zero-order chi connectivity index (χ0) is 32.5. The number of nitrogens with one attached hydrogen (secondary N) is 1. The van der Waals surface area contributed by atoms with Crippen LogP contribution >= 0.6 is 0 Å². The predicted molar refractivity (Wildman–Crippen MR) is 173 cm³/mol. The van der Waals surface area contributed by atoms with Crippen molar-refractivity contribution in [1.29, 1.82) is 0 Å². The normalized spacial score (nSPS) is 16.9. The molecule has 0 fully saturated rings. The summed E-state index contributed by atoms with van der Waals surface area (Å²) < 4.78 is 23.7. The summed E-state index contributed by atoms with van der Waals surface area (Å²) in [6.45, 7) is 3.91. The van der Waals surface area contributed by atoms with Gasteiger partial charge in [0.15, 0.2) is 11.5 Å². The Bertz CT molecular complexity index is 1770. The molecule has 6 rings (SSSR count). The summed E-state index contributed by atoms with van der Waals surface area (Å²) in [6.07, 6.45) is 0.857. The van der Waals surface area contributed by atoms with Crippen molar-refractivity contribution in [3.63, 3.8) is 0 Å². The minimum atomic E-state index is -0.539. The Morgan fingerprint density at radius 1 is 1.00 bits per heavy atom. The van der Waals surface area contributed by atoms with E-state index in [1.165, 1.54) is 14.0 Å². The Kier molecular flexibility index (Phi) is 8.80. The predicted octanol–water partition coefficient (Wildman–Crippen LogP) is 6.00. The monoisotopic (exact) mass is 625 g/mol. The smallest absolute Gasteiger partial charge is 0.302 e. The molecular weight excluding hydrogens is 586 g/mol. The molecule has 3 unspecified atom stereocenters. The Labute approximate surface area is 268 Å². The van der Waals surface area contributed by atoms with Crippen molar-refractivity contribution < 1.29 is 39.1 Å². The first-order chi connectivity index (χ1) is 22.2. The maximum absolute atomic E-state index is 12.0. The third-order valence-electron chi connectivity index (χ3n) is 9.05. The van der Waals surface area contributed by atoms with Gasteiger partial charge in [-0.3, -0.25) is 4.79 Å². The van der Waals surface area contributed by atoms with Gasteiger partial charge in [0.2, 0.25) is 0 Å². The number of benzene rings is 4. The first kappa shape index (κ1) is 31.3. The molecule has 1 aliphatic carbocycles. The molecule has 4 aromatic carbocycles. The van der Waals surface area contributed by atoms with Gasteiger partial charge < -0.3 is 39.6 Å². The second kappa shape index (κ2) is 12.9. The largest absolute Gasteiger partial charge is 0.508 e. The number of aliphatic hydroxyl groups excluding tert-OH is 1. The number of hydrogen-bond donors (Lipinski definition) is 4. The lowest BCUT2D eigenvalue weighted by molar-refractivity contribution is -0.141. The van der Waals surface area contributed by atoms with E-state index in [-0.39, 0.29) is 42.6 Å². The fraction of sp³-hybridized carbons (Fsp3) is 0.324. The molecule has 0 saturated heterocycles. The van der Waals surface area contributed by atoms with Crippen LogP contribution in [0.1, 0.15) is 70.9 Å². The third-order valence-corrected chi connectivity index (χ3v) is 9.05. The number of aromatic hydroxyl groups is 2. The highest BCUT2D eigenvalue weighted by Gasteiger charge is 2.41. The van der Waals surface area contributed by atoms with Crippen LogP contribution in [0.25, 0.3) is 11.1 Å². The molecule has 4 N–H and O–H groups in total. The first-order valence-electron chi connectivity index (χ1n) is 15.4. The summed E-state index contributed by atoms with van der Waals surface area (Å²) in [4.78, 5) is 12.0. The average molecular weight is 626 g/mol. The van der Waals surface area contributed by atoms with Gasteiger partial charge in [-0.1, -0.05) is 36.4 Å². The quantitative estimate of drug-likeness (QED) is 0.157. The molecule has 0 saturated carbocycles. The SMILES string of the molecule is COc1cc(C2Oc3c(ccc4c3CCc3cc(O)cc(OC)c3-4)C2COC(C)=O)c(CNC(C)c2cccc(CO)c2)cc1O. The second-order valence-electron chi connectivity index (χ2n) is 11.9. The second-order valence-corrected chi connectivity index (χ2v) is 11.9. The molecule has 0 spiro atoms. The average Bonchev–Trinajstić information content (AvgIpc) is 3.44. The van der Waals surface area contributed by atoms with E-state index in [9.17, 15) is 20.1 Å². The molecule has 46 heavy (non-hydrogen) atoms. The number of phenolic OH excluding ortho intramolecular Hbond substituents is 2. The number of carbonyl (C=O) groups excluding carboxylic acids is 1. The Hall–Kier alpha value is -4.73.